The summed E-state index contributed by atoms with van der Waals surface area (Å²) in [5.74, 6) is 0.624. The van der Waals surface area contributed by atoms with Gasteiger partial charge >= 0.3 is 0 Å². The molecule has 2 aliphatic rings. The van der Waals surface area contributed by atoms with E-state index in [1.165, 1.54) is 32.1 Å². The molecule has 82 valence electrons. The Bertz CT molecular complexity index is 196. The number of rotatable bonds is 1. The molecule has 1 atom stereocenters. The smallest absolute Gasteiger partial charge is 0.0512 e. The zero-order chi connectivity index (χ0) is 10.2. The summed E-state index contributed by atoms with van der Waals surface area (Å²) in [5, 5.41) is 0. The topological polar surface area (TPSA) is 35.2 Å². The predicted octanol–water partition coefficient (Wildman–Crippen LogP) is 2.32. The second-order valence-corrected chi connectivity index (χ2v) is 5.96. The van der Waals surface area contributed by atoms with Gasteiger partial charge in [-0.1, -0.05) is 13.8 Å². The van der Waals surface area contributed by atoms with Gasteiger partial charge in [-0.15, -0.1) is 0 Å². The molecule has 0 bridgehead atoms. The molecule has 14 heavy (non-hydrogen) atoms. The maximum absolute atomic E-state index is 6.51. The van der Waals surface area contributed by atoms with Crippen molar-refractivity contribution in [1.82, 2.24) is 0 Å². The maximum atomic E-state index is 6.51. The molecule has 2 fully saturated rings. The van der Waals surface area contributed by atoms with E-state index in [2.05, 4.69) is 13.8 Å². The molecule has 1 saturated carbocycles. The summed E-state index contributed by atoms with van der Waals surface area (Å²) in [6.07, 6.45) is 6.11. The zero-order valence-electron chi connectivity index (χ0n) is 9.51. The van der Waals surface area contributed by atoms with Crippen molar-refractivity contribution in [3.05, 3.63) is 0 Å². The van der Waals surface area contributed by atoms with Gasteiger partial charge in [0.25, 0.3) is 0 Å². The SMILES string of the molecule is CC1(C)CCC(N)(C2CCOC2)CC1. The van der Waals surface area contributed by atoms with Gasteiger partial charge in [0.2, 0.25) is 0 Å². The van der Waals surface area contributed by atoms with Crippen LogP contribution in [0.5, 0.6) is 0 Å². The van der Waals surface area contributed by atoms with Gasteiger partial charge in [-0.05, 0) is 37.5 Å². The quantitative estimate of drug-likeness (QED) is 0.700. The first-order chi connectivity index (χ1) is 6.52. The number of hydrogen-bond donors (Lipinski definition) is 1. The molecule has 2 heteroatoms. The summed E-state index contributed by atoms with van der Waals surface area (Å²) < 4.78 is 5.45. The normalized spacial score (nSPS) is 35.8. The van der Waals surface area contributed by atoms with Gasteiger partial charge in [-0.3, -0.25) is 0 Å². The lowest BCUT2D eigenvalue weighted by Crippen LogP contribution is -2.51. The van der Waals surface area contributed by atoms with Gasteiger partial charge < -0.3 is 10.5 Å². The first kappa shape index (κ1) is 10.4. The Balaban J connectivity index is 1.97. The van der Waals surface area contributed by atoms with Crippen molar-refractivity contribution in [2.75, 3.05) is 13.2 Å². The molecule has 1 aliphatic heterocycles. The Kier molecular flexibility index (Phi) is 2.61. The lowest BCUT2D eigenvalue weighted by atomic mass is 9.65. The minimum atomic E-state index is 0.0893. The molecule has 0 amide bonds. The third-order valence-corrected chi connectivity index (χ3v) is 4.28. The average Bonchev–Trinajstić information content (AvgIpc) is 2.64. The fraction of sp³-hybridized carbons (Fsp3) is 1.00. The largest absolute Gasteiger partial charge is 0.381 e. The summed E-state index contributed by atoms with van der Waals surface area (Å²) in [7, 11) is 0. The molecule has 2 N–H and O–H groups in total. The summed E-state index contributed by atoms with van der Waals surface area (Å²) in [6, 6.07) is 0. The van der Waals surface area contributed by atoms with Crippen LogP contribution in [0.4, 0.5) is 0 Å². The van der Waals surface area contributed by atoms with Crippen LogP contribution in [0.1, 0.15) is 46.0 Å². The molecule has 2 nitrogen and oxygen atoms in total. The number of nitrogens with two attached hydrogens (primary N) is 1. The van der Waals surface area contributed by atoms with Crippen molar-refractivity contribution in [3.63, 3.8) is 0 Å². The van der Waals surface area contributed by atoms with E-state index in [9.17, 15) is 0 Å². The van der Waals surface area contributed by atoms with Gasteiger partial charge in [0.1, 0.15) is 0 Å². The number of hydrogen-bond acceptors (Lipinski definition) is 2. The molecule has 1 aliphatic carbocycles. The zero-order valence-corrected chi connectivity index (χ0v) is 9.51. The van der Waals surface area contributed by atoms with Crippen molar-refractivity contribution in [3.8, 4) is 0 Å². The van der Waals surface area contributed by atoms with E-state index in [-0.39, 0.29) is 5.54 Å². The minimum absolute atomic E-state index is 0.0893. The fourth-order valence-electron chi connectivity index (χ4n) is 2.79. The van der Waals surface area contributed by atoms with Gasteiger partial charge in [0, 0.05) is 18.1 Å². The molecule has 2 rings (SSSR count). The third kappa shape index (κ3) is 1.96. The van der Waals surface area contributed by atoms with Crippen molar-refractivity contribution >= 4 is 0 Å². The summed E-state index contributed by atoms with van der Waals surface area (Å²) in [5.41, 5.74) is 7.11. The van der Waals surface area contributed by atoms with Crippen LogP contribution >= 0.6 is 0 Å². The molecular formula is C12H23NO. The van der Waals surface area contributed by atoms with E-state index in [1.54, 1.807) is 0 Å². The average molecular weight is 197 g/mol. The highest BCUT2D eigenvalue weighted by Gasteiger charge is 2.42. The third-order valence-electron chi connectivity index (χ3n) is 4.28. The summed E-state index contributed by atoms with van der Waals surface area (Å²) in [4.78, 5) is 0. The van der Waals surface area contributed by atoms with Crippen LogP contribution in [-0.4, -0.2) is 18.8 Å². The van der Waals surface area contributed by atoms with E-state index < -0.39 is 0 Å². The summed E-state index contributed by atoms with van der Waals surface area (Å²) >= 11 is 0. The van der Waals surface area contributed by atoms with Crippen LogP contribution in [0.15, 0.2) is 0 Å². The lowest BCUT2D eigenvalue weighted by molar-refractivity contribution is 0.101. The van der Waals surface area contributed by atoms with Crippen LogP contribution in [0, 0.1) is 11.3 Å². The van der Waals surface area contributed by atoms with Crippen molar-refractivity contribution in [2.24, 2.45) is 17.1 Å². The number of ether oxygens (including phenoxy) is 1. The molecule has 1 unspecified atom stereocenters. The predicted molar refractivity (Wildman–Crippen MR) is 58.1 cm³/mol. The van der Waals surface area contributed by atoms with Crippen LogP contribution in [-0.2, 0) is 4.74 Å². The van der Waals surface area contributed by atoms with Crippen molar-refractivity contribution in [2.45, 2.75) is 51.5 Å². The Morgan fingerprint density at radius 1 is 1.14 bits per heavy atom. The molecule has 0 radical (unpaired) electrons. The Hall–Kier alpha value is -0.0800. The van der Waals surface area contributed by atoms with Gasteiger partial charge in [0.15, 0.2) is 0 Å². The molecule has 0 aromatic carbocycles. The first-order valence-electron chi connectivity index (χ1n) is 5.89. The van der Waals surface area contributed by atoms with Crippen LogP contribution in [0.3, 0.4) is 0 Å². The molecule has 1 saturated heterocycles. The fourth-order valence-corrected chi connectivity index (χ4v) is 2.79. The van der Waals surface area contributed by atoms with E-state index in [4.69, 9.17) is 10.5 Å². The second kappa shape index (κ2) is 3.49. The van der Waals surface area contributed by atoms with Crippen LogP contribution < -0.4 is 5.73 Å². The molecule has 1 heterocycles. The molecule has 0 spiro atoms. The van der Waals surface area contributed by atoms with Crippen LogP contribution in [0.2, 0.25) is 0 Å². The summed E-state index contributed by atoms with van der Waals surface area (Å²) in [6.45, 7) is 6.54. The minimum Gasteiger partial charge on any atom is -0.381 e. The van der Waals surface area contributed by atoms with E-state index in [1.807, 2.05) is 0 Å². The Morgan fingerprint density at radius 2 is 1.79 bits per heavy atom. The Morgan fingerprint density at radius 3 is 2.29 bits per heavy atom. The first-order valence-corrected chi connectivity index (χ1v) is 5.89. The molecular weight excluding hydrogens is 174 g/mol. The second-order valence-electron chi connectivity index (χ2n) is 5.96. The van der Waals surface area contributed by atoms with E-state index in [0.29, 0.717) is 11.3 Å². The molecule has 0 aromatic heterocycles. The van der Waals surface area contributed by atoms with Crippen molar-refractivity contribution < 1.29 is 4.74 Å². The lowest BCUT2D eigenvalue weighted by Gasteiger charge is -2.44. The highest BCUT2D eigenvalue weighted by Crippen LogP contribution is 2.43. The monoisotopic (exact) mass is 197 g/mol. The van der Waals surface area contributed by atoms with Gasteiger partial charge in [0.05, 0.1) is 6.61 Å². The molecule has 0 aromatic rings. The van der Waals surface area contributed by atoms with Gasteiger partial charge in [-0.25, -0.2) is 0 Å². The van der Waals surface area contributed by atoms with E-state index in [0.717, 1.165) is 13.2 Å². The standard InChI is InChI=1S/C12H23NO/c1-11(2)4-6-12(13,7-5-11)10-3-8-14-9-10/h10H,3-9,13H2,1-2H3. The Labute approximate surface area is 87.2 Å². The van der Waals surface area contributed by atoms with E-state index >= 15 is 0 Å². The van der Waals surface area contributed by atoms with Crippen LogP contribution in [0.25, 0.3) is 0 Å². The highest BCUT2D eigenvalue weighted by molar-refractivity contribution is 4.98. The highest BCUT2D eigenvalue weighted by atomic mass is 16.5. The maximum Gasteiger partial charge on any atom is 0.0512 e. The van der Waals surface area contributed by atoms with Crippen molar-refractivity contribution in [1.29, 1.82) is 0 Å². The van der Waals surface area contributed by atoms with Gasteiger partial charge in [-0.2, -0.15) is 0 Å².